The fraction of sp³-hybridized carbons (Fsp3) is 0.0769. The van der Waals surface area contributed by atoms with Crippen LogP contribution in [-0.4, -0.2) is 0 Å². The van der Waals surface area contributed by atoms with Crippen LogP contribution in [0.3, 0.4) is 0 Å². The van der Waals surface area contributed by atoms with E-state index in [0.717, 1.165) is 0 Å². The van der Waals surface area contributed by atoms with E-state index in [2.05, 4.69) is 15.9 Å². The first-order chi connectivity index (χ1) is 8.56. The summed E-state index contributed by atoms with van der Waals surface area (Å²) in [5, 5.41) is 0.411. The predicted molar refractivity (Wildman–Crippen MR) is 69.8 cm³/mol. The Morgan fingerprint density at radius 1 is 1.11 bits per heavy atom. The molecule has 0 atom stereocenters. The number of ether oxygens (including phenoxy) is 1. The van der Waals surface area contributed by atoms with E-state index in [0.29, 0.717) is 20.8 Å². The van der Waals surface area contributed by atoms with Gasteiger partial charge in [0.2, 0.25) is 0 Å². The van der Waals surface area contributed by atoms with Gasteiger partial charge in [0.05, 0.1) is 4.47 Å². The molecule has 0 unspecified atom stereocenters. The van der Waals surface area contributed by atoms with Gasteiger partial charge in [-0.3, -0.25) is 0 Å². The molecule has 0 bridgehead atoms. The third kappa shape index (κ3) is 3.21. The van der Waals surface area contributed by atoms with Gasteiger partial charge in [0, 0.05) is 16.7 Å². The number of hydrogen-bond donors (Lipinski definition) is 0. The number of rotatable bonds is 3. The van der Waals surface area contributed by atoms with Crippen molar-refractivity contribution < 1.29 is 13.5 Å². The van der Waals surface area contributed by atoms with Gasteiger partial charge in [-0.1, -0.05) is 11.6 Å². The molecule has 1 nitrogen and oxygen atoms in total. The lowest BCUT2D eigenvalue weighted by atomic mass is 10.2. The molecule has 94 valence electrons. The van der Waals surface area contributed by atoms with E-state index in [1.807, 2.05) is 0 Å². The molecular formula is C13H8BrClF2O. The van der Waals surface area contributed by atoms with E-state index >= 15 is 0 Å². The summed E-state index contributed by atoms with van der Waals surface area (Å²) >= 11 is 8.94. The van der Waals surface area contributed by atoms with Gasteiger partial charge in [-0.2, -0.15) is 0 Å². The van der Waals surface area contributed by atoms with Gasteiger partial charge >= 0.3 is 0 Å². The van der Waals surface area contributed by atoms with Crippen LogP contribution in [0, 0.1) is 11.6 Å². The highest BCUT2D eigenvalue weighted by atomic mass is 79.9. The van der Waals surface area contributed by atoms with Gasteiger partial charge in [-0.25, -0.2) is 8.78 Å². The van der Waals surface area contributed by atoms with E-state index in [9.17, 15) is 8.78 Å². The summed E-state index contributed by atoms with van der Waals surface area (Å²) in [5.74, 6) is -0.450. The SMILES string of the molecule is Fc1ccc(Cl)c(COc2ccc(Br)c(F)c2)c1. The van der Waals surface area contributed by atoms with E-state index in [1.165, 1.54) is 30.3 Å². The number of benzene rings is 2. The normalized spacial score (nSPS) is 10.4. The van der Waals surface area contributed by atoms with Crippen molar-refractivity contribution in [2.24, 2.45) is 0 Å². The van der Waals surface area contributed by atoms with Crippen molar-refractivity contribution >= 4 is 27.5 Å². The molecule has 0 N–H and O–H groups in total. The number of hydrogen-bond acceptors (Lipinski definition) is 1. The number of halogens is 4. The summed E-state index contributed by atoms with van der Waals surface area (Å²) in [5.41, 5.74) is 0.514. The summed E-state index contributed by atoms with van der Waals surface area (Å²) < 4.78 is 32.0. The van der Waals surface area contributed by atoms with E-state index < -0.39 is 5.82 Å². The fourth-order valence-electron chi connectivity index (χ4n) is 1.38. The lowest BCUT2D eigenvalue weighted by molar-refractivity contribution is 0.304. The van der Waals surface area contributed by atoms with Crippen molar-refractivity contribution in [3.8, 4) is 5.75 Å². The zero-order valence-electron chi connectivity index (χ0n) is 9.09. The Morgan fingerprint density at radius 3 is 2.61 bits per heavy atom. The molecule has 18 heavy (non-hydrogen) atoms. The Bertz CT molecular complexity index is 575. The highest BCUT2D eigenvalue weighted by molar-refractivity contribution is 9.10. The lowest BCUT2D eigenvalue weighted by Crippen LogP contribution is -1.97. The second-order valence-electron chi connectivity index (χ2n) is 3.60. The minimum atomic E-state index is -0.419. The first-order valence-electron chi connectivity index (χ1n) is 5.08. The minimum absolute atomic E-state index is 0.0810. The summed E-state index contributed by atoms with van der Waals surface area (Å²) in [7, 11) is 0. The molecule has 0 aliphatic rings. The lowest BCUT2D eigenvalue weighted by Gasteiger charge is -2.08. The maximum absolute atomic E-state index is 13.2. The molecule has 0 saturated heterocycles. The van der Waals surface area contributed by atoms with Crippen LogP contribution >= 0.6 is 27.5 Å². The van der Waals surface area contributed by atoms with Gasteiger partial charge in [-0.05, 0) is 46.3 Å². The van der Waals surface area contributed by atoms with Crippen molar-refractivity contribution in [2.45, 2.75) is 6.61 Å². The average molecular weight is 334 g/mol. The molecule has 0 radical (unpaired) electrons. The monoisotopic (exact) mass is 332 g/mol. The highest BCUT2D eigenvalue weighted by Crippen LogP contribution is 2.23. The van der Waals surface area contributed by atoms with Gasteiger partial charge in [-0.15, -0.1) is 0 Å². The van der Waals surface area contributed by atoms with Crippen LogP contribution < -0.4 is 4.74 Å². The summed E-state index contributed by atoms with van der Waals surface area (Å²) in [6.45, 7) is 0.0810. The summed E-state index contributed by atoms with van der Waals surface area (Å²) in [4.78, 5) is 0. The fourth-order valence-corrected chi connectivity index (χ4v) is 1.80. The topological polar surface area (TPSA) is 9.23 Å². The molecule has 2 aromatic rings. The molecule has 0 amide bonds. The van der Waals surface area contributed by atoms with Crippen molar-refractivity contribution in [1.29, 1.82) is 0 Å². The van der Waals surface area contributed by atoms with Gasteiger partial charge in [0.1, 0.15) is 24.0 Å². The van der Waals surface area contributed by atoms with Crippen LogP contribution in [0.25, 0.3) is 0 Å². The molecule has 2 rings (SSSR count). The van der Waals surface area contributed by atoms with Gasteiger partial charge in [0.25, 0.3) is 0 Å². The van der Waals surface area contributed by atoms with E-state index in [4.69, 9.17) is 16.3 Å². The Morgan fingerprint density at radius 2 is 1.89 bits per heavy atom. The largest absolute Gasteiger partial charge is 0.489 e. The third-order valence-corrected chi connectivity index (χ3v) is 3.31. The van der Waals surface area contributed by atoms with Gasteiger partial charge < -0.3 is 4.74 Å². The summed E-state index contributed by atoms with van der Waals surface area (Å²) in [6.07, 6.45) is 0. The standard InChI is InChI=1S/C13H8BrClF2O/c14-11-3-2-10(6-13(11)17)18-7-8-5-9(16)1-4-12(8)15/h1-6H,7H2. The second kappa shape index (κ2) is 5.67. The molecule has 0 aliphatic heterocycles. The quantitative estimate of drug-likeness (QED) is 0.771. The first kappa shape index (κ1) is 13.3. The van der Waals surface area contributed by atoms with Crippen LogP contribution in [0.5, 0.6) is 5.75 Å². The highest BCUT2D eigenvalue weighted by Gasteiger charge is 2.05. The Kier molecular flexibility index (Phi) is 4.19. The van der Waals surface area contributed by atoms with Crippen LogP contribution in [0.15, 0.2) is 40.9 Å². The van der Waals surface area contributed by atoms with E-state index in [-0.39, 0.29) is 12.4 Å². The van der Waals surface area contributed by atoms with Crippen molar-refractivity contribution in [3.05, 3.63) is 63.1 Å². The summed E-state index contributed by atoms with van der Waals surface area (Å²) in [6, 6.07) is 8.41. The van der Waals surface area contributed by atoms with Crippen LogP contribution in [-0.2, 0) is 6.61 Å². The minimum Gasteiger partial charge on any atom is -0.489 e. The maximum Gasteiger partial charge on any atom is 0.141 e. The zero-order chi connectivity index (χ0) is 13.1. The predicted octanol–water partition coefficient (Wildman–Crippen LogP) is 4.96. The average Bonchev–Trinajstić information content (AvgIpc) is 2.34. The van der Waals surface area contributed by atoms with Crippen LogP contribution in [0.4, 0.5) is 8.78 Å². The first-order valence-corrected chi connectivity index (χ1v) is 6.25. The molecular weight excluding hydrogens is 325 g/mol. The Labute approximate surface area is 116 Å². The molecule has 0 aliphatic carbocycles. The maximum atomic E-state index is 13.2. The second-order valence-corrected chi connectivity index (χ2v) is 4.86. The van der Waals surface area contributed by atoms with E-state index in [1.54, 1.807) is 6.07 Å². The smallest absolute Gasteiger partial charge is 0.141 e. The van der Waals surface area contributed by atoms with Crippen molar-refractivity contribution in [3.63, 3.8) is 0 Å². The Balaban J connectivity index is 2.11. The molecule has 0 spiro atoms. The third-order valence-electron chi connectivity index (χ3n) is 2.29. The van der Waals surface area contributed by atoms with Crippen molar-refractivity contribution in [2.75, 3.05) is 0 Å². The van der Waals surface area contributed by atoms with Crippen molar-refractivity contribution in [1.82, 2.24) is 0 Å². The molecule has 2 aromatic carbocycles. The molecule has 0 fully saturated rings. The molecule has 0 aromatic heterocycles. The molecule has 0 heterocycles. The Hall–Kier alpha value is -1.13. The zero-order valence-corrected chi connectivity index (χ0v) is 11.4. The van der Waals surface area contributed by atoms with Crippen LogP contribution in [0.2, 0.25) is 5.02 Å². The van der Waals surface area contributed by atoms with Crippen LogP contribution in [0.1, 0.15) is 5.56 Å². The molecule has 5 heteroatoms. The van der Waals surface area contributed by atoms with Gasteiger partial charge in [0.15, 0.2) is 0 Å². The molecule has 0 saturated carbocycles.